The van der Waals surface area contributed by atoms with Crippen LogP contribution in [0.1, 0.15) is 15.9 Å². The first kappa shape index (κ1) is 14.1. The Morgan fingerprint density at radius 1 is 1.14 bits per heavy atom. The third kappa shape index (κ3) is 3.22. The first-order valence-electron chi connectivity index (χ1n) is 7.08. The quantitative estimate of drug-likeness (QED) is 0.777. The summed E-state index contributed by atoms with van der Waals surface area (Å²) < 4.78 is 3.44. The van der Waals surface area contributed by atoms with Gasteiger partial charge in [0.2, 0.25) is 0 Å². The lowest BCUT2D eigenvalue weighted by atomic mass is 10.2. The van der Waals surface area contributed by atoms with Gasteiger partial charge >= 0.3 is 0 Å². The van der Waals surface area contributed by atoms with Crippen LogP contribution in [0.4, 0.5) is 0 Å². The van der Waals surface area contributed by atoms with Crippen molar-refractivity contribution in [2.75, 3.05) is 6.54 Å². The molecule has 22 heavy (non-hydrogen) atoms. The molecule has 112 valence electrons. The second-order valence-electron chi connectivity index (χ2n) is 5.04. The molecule has 0 spiro atoms. The lowest BCUT2D eigenvalue weighted by molar-refractivity contribution is 0.0954. The predicted molar refractivity (Wildman–Crippen MR) is 82.8 cm³/mol. The minimum atomic E-state index is -0.108. The standard InChI is InChI=1S/C16H17N5O/c1-20-12-14(10-18-20)16(22)17-8-7-13-9-19-21(11-13)15-5-3-2-4-6-15/h2-6,9-12H,7-8H2,1H3,(H,17,22). The molecule has 3 rings (SSSR count). The Hall–Kier alpha value is -2.89. The Morgan fingerprint density at radius 2 is 1.95 bits per heavy atom. The number of nitrogens with one attached hydrogen (secondary N) is 1. The Morgan fingerprint density at radius 3 is 2.68 bits per heavy atom. The van der Waals surface area contributed by atoms with Gasteiger partial charge in [0.25, 0.3) is 5.91 Å². The van der Waals surface area contributed by atoms with Crippen LogP contribution in [0.3, 0.4) is 0 Å². The number of para-hydroxylation sites is 1. The lowest BCUT2D eigenvalue weighted by Gasteiger charge is -2.02. The Kier molecular flexibility index (Phi) is 4.00. The summed E-state index contributed by atoms with van der Waals surface area (Å²) in [5.74, 6) is -0.108. The molecular weight excluding hydrogens is 278 g/mol. The number of carbonyl (C=O) groups excluding carboxylic acids is 1. The third-order valence-electron chi connectivity index (χ3n) is 3.32. The fourth-order valence-electron chi connectivity index (χ4n) is 2.17. The SMILES string of the molecule is Cn1cc(C(=O)NCCc2cnn(-c3ccccc3)c2)cn1. The van der Waals surface area contributed by atoms with Gasteiger partial charge < -0.3 is 5.32 Å². The molecule has 0 fully saturated rings. The summed E-state index contributed by atoms with van der Waals surface area (Å²) in [5, 5.41) is 11.2. The number of hydrogen-bond acceptors (Lipinski definition) is 3. The molecule has 0 saturated carbocycles. The van der Waals surface area contributed by atoms with Crippen molar-refractivity contribution in [3.05, 3.63) is 66.2 Å². The number of amides is 1. The van der Waals surface area contributed by atoms with Crippen molar-refractivity contribution >= 4 is 5.91 Å². The number of hydrogen-bond donors (Lipinski definition) is 1. The third-order valence-corrected chi connectivity index (χ3v) is 3.32. The van der Waals surface area contributed by atoms with Gasteiger partial charge in [-0.25, -0.2) is 4.68 Å². The first-order valence-corrected chi connectivity index (χ1v) is 7.08. The fraction of sp³-hybridized carbons (Fsp3) is 0.188. The molecule has 6 nitrogen and oxygen atoms in total. The van der Waals surface area contributed by atoms with Crippen LogP contribution in [-0.2, 0) is 13.5 Å². The molecule has 1 amide bonds. The van der Waals surface area contributed by atoms with Crippen LogP contribution in [0.5, 0.6) is 0 Å². The predicted octanol–water partition coefficient (Wildman–Crippen LogP) is 1.58. The number of benzene rings is 1. The van der Waals surface area contributed by atoms with Gasteiger partial charge in [0.15, 0.2) is 0 Å². The molecule has 0 atom stereocenters. The first-order chi connectivity index (χ1) is 10.7. The van der Waals surface area contributed by atoms with Crippen molar-refractivity contribution in [3.8, 4) is 5.69 Å². The second kappa shape index (κ2) is 6.26. The Labute approximate surface area is 128 Å². The van der Waals surface area contributed by atoms with Crippen molar-refractivity contribution < 1.29 is 4.79 Å². The molecule has 0 radical (unpaired) electrons. The van der Waals surface area contributed by atoms with Gasteiger partial charge in [-0.15, -0.1) is 0 Å². The summed E-state index contributed by atoms with van der Waals surface area (Å²) in [6, 6.07) is 9.93. The van der Waals surface area contributed by atoms with Crippen LogP contribution in [0.15, 0.2) is 55.1 Å². The van der Waals surface area contributed by atoms with Crippen LogP contribution in [0.25, 0.3) is 5.69 Å². The maximum atomic E-state index is 11.9. The molecule has 0 aliphatic heterocycles. The van der Waals surface area contributed by atoms with Crippen molar-refractivity contribution in [3.63, 3.8) is 0 Å². The summed E-state index contributed by atoms with van der Waals surface area (Å²) in [6.45, 7) is 0.564. The number of aromatic nitrogens is 4. The van der Waals surface area contributed by atoms with Crippen molar-refractivity contribution in [1.29, 1.82) is 0 Å². The number of nitrogens with zero attached hydrogens (tertiary/aromatic N) is 4. The van der Waals surface area contributed by atoms with Crippen LogP contribution in [0, 0.1) is 0 Å². The molecule has 1 N–H and O–H groups in total. The van der Waals surface area contributed by atoms with E-state index >= 15 is 0 Å². The minimum Gasteiger partial charge on any atom is -0.352 e. The maximum Gasteiger partial charge on any atom is 0.254 e. The van der Waals surface area contributed by atoms with E-state index in [1.165, 1.54) is 0 Å². The molecule has 6 heteroatoms. The Balaban J connectivity index is 1.54. The van der Waals surface area contributed by atoms with Gasteiger partial charge in [0.05, 0.1) is 23.6 Å². The molecule has 0 aliphatic rings. The van der Waals surface area contributed by atoms with E-state index in [0.717, 1.165) is 17.7 Å². The smallest absolute Gasteiger partial charge is 0.254 e. The summed E-state index contributed by atoms with van der Waals surface area (Å²) in [6.07, 6.45) is 7.79. The van der Waals surface area contributed by atoms with Gasteiger partial charge in [-0.1, -0.05) is 18.2 Å². The van der Waals surface area contributed by atoms with E-state index in [9.17, 15) is 4.79 Å². The van der Waals surface area contributed by atoms with E-state index in [1.807, 2.05) is 47.4 Å². The van der Waals surface area contributed by atoms with Crippen LogP contribution in [0.2, 0.25) is 0 Å². The topological polar surface area (TPSA) is 64.7 Å². The molecule has 3 aromatic rings. The van der Waals surface area contributed by atoms with Gasteiger partial charge in [-0.2, -0.15) is 10.2 Å². The van der Waals surface area contributed by atoms with Crippen molar-refractivity contribution in [2.45, 2.75) is 6.42 Å². The zero-order valence-electron chi connectivity index (χ0n) is 12.3. The van der Waals surface area contributed by atoms with Crippen LogP contribution in [-0.4, -0.2) is 32.0 Å². The highest BCUT2D eigenvalue weighted by Gasteiger charge is 2.07. The highest BCUT2D eigenvalue weighted by Crippen LogP contribution is 2.07. The molecule has 0 bridgehead atoms. The van der Waals surface area contributed by atoms with Crippen LogP contribution < -0.4 is 5.32 Å². The maximum absolute atomic E-state index is 11.9. The van der Waals surface area contributed by atoms with Gasteiger partial charge in [-0.3, -0.25) is 9.48 Å². The van der Waals surface area contributed by atoms with E-state index in [2.05, 4.69) is 15.5 Å². The summed E-state index contributed by atoms with van der Waals surface area (Å²) in [5.41, 5.74) is 2.67. The second-order valence-corrected chi connectivity index (χ2v) is 5.04. The van der Waals surface area contributed by atoms with E-state index < -0.39 is 0 Å². The largest absolute Gasteiger partial charge is 0.352 e. The average Bonchev–Trinajstić information content (AvgIpc) is 3.17. The molecule has 0 aliphatic carbocycles. The van der Waals surface area contributed by atoms with Crippen molar-refractivity contribution in [1.82, 2.24) is 24.9 Å². The fourth-order valence-corrected chi connectivity index (χ4v) is 2.17. The summed E-state index contributed by atoms with van der Waals surface area (Å²) >= 11 is 0. The van der Waals surface area contributed by atoms with E-state index in [-0.39, 0.29) is 5.91 Å². The molecule has 0 saturated heterocycles. The zero-order chi connectivity index (χ0) is 15.4. The minimum absolute atomic E-state index is 0.108. The van der Waals surface area contributed by atoms with Crippen molar-refractivity contribution in [2.24, 2.45) is 7.05 Å². The number of rotatable bonds is 5. The molecule has 1 aromatic carbocycles. The molecule has 2 heterocycles. The molecule has 2 aromatic heterocycles. The normalized spacial score (nSPS) is 10.6. The molecular formula is C16H17N5O. The van der Waals surface area contributed by atoms with E-state index in [0.29, 0.717) is 12.1 Å². The summed E-state index contributed by atoms with van der Waals surface area (Å²) in [7, 11) is 1.79. The average molecular weight is 295 g/mol. The number of carbonyl (C=O) groups is 1. The van der Waals surface area contributed by atoms with E-state index in [4.69, 9.17) is 0 Å². The number of aryl methyl sites for hydroxylation is 1. The molecule has 0 unspecified atom stereocenters. The monoisotopic (exact) mass is 295 g/mol. The Bertz CT molecular complexity index is 760. The van der Waals surface area contributed by atoms with Gasteiger partial charge in [0.1, 0.15) is 0 Å². The van der Waals surface area contributed by atoms with Gasteiger partial charge in [-0.05, 0) is 24.1 Å². The highest BCUT2D eigenvalue weighted by atomic mass is 16.1. The summed E-state index contributed by atoms with van der Waals surface area (Å²) in [4.78, 5) is 11.9. The zero-order valence-corrected chi connectivity index (χ0v) is 12.3. The van der Waals surface area contributed by atoms with E-state index in [1.54, 1.807) is 24.1 Å². The highest BCUT2D eigenvalue weighted by molar-refractivity contribution is 5.93. The van der Waals surface area contributed by atoms with Crippen LogP contribution >= 0.6 is 0 Å². The van der Waals surface area contributed by atoms with Gasteiger partial charge in [0, 0.05) is 26.0 Å². The lowest BCUT2D eigenvalue weighted by Crippen LogP contribution is -2.25.